The number of amides is 2. The second-order valence-corrected chi connectivity index (χ2v) is 7.87. The number of carbonyl (C=O) groups is 2. The van der Waals surface area contributed by atoms with E-state index in [0.717, 1.165) is 18.4 Å². The van der Waals surface area contributed by atoms with Crippen LogP contribution in [0.5, 0.6) is 0 Å². The Morgan fingerprint density at radius 1 is 1.10 bits per heavy atom. The molecule has 1 aromatic carbocycles. The van der Waals surface area contributed by atoms with Crippen LogP contribution in [0, 0.1) is 0 Å². The fourth-order valence-electron chi connectivity index (χ4n) is 3.35. The minimum Gasteiger partial charge on any atom is -0.421 e. The molecular weight excluding hydrogens is 388 g/mol. The smallest absolute Gasteiger partial charge is 0.251 e. The van der Waals surface area contributed by atoms with Crippen LogP contribution in [0.15, 0.2) is 45.5 Å². The van der Waals surface area contributed by atoms with Crippen LogP contribution in [-0.2, 0) is 11.2 Å². The molecule has 8 heteroatoms. The van der Waals surface area contributed by atoms with Crippen LogP contribution >= 0.6 is 11.3 Å². The van der Waals surface area contributed by atoms with Gasteiger partial charge in [0.2, 0.25) is 17.7 Å². The maximum Gasteiger partial charge on any atom is 0.251 e. The molecule has 1 saturated carbocycles. The molecule has 0 spiro atoms. The van der Waals surface area contributed by atoms with E-state index in [1.165, 1.54) is 12.8 Å². The predicted octanol–water partition coefficient (Wildman–Crippen LogP) is 4.04. The first-order chi connectivity index (χ1) is 14.2. The van der Waals surface area contributed by atoms with Crippen molar-refractivity contribution in [1.29, 1.82) is 0 Å². The van der Waals surface area contributed by atoms with Gasteiger partial charge in [0.25, 0.3) is 5.91 Å². The van der Waals surface area contributed by atoms with E-state index in [1.54, 1.807) is 35.6 Å². The number of aryl methyl sites for hydroxylation is 1. The van der Waals surface area contributed by atoms with Gasteiger partial charge in [0.05, 0.1) is 0 Å². The summed E-state index contributed by atoms with van der Waals surface area (Å²) in [4.78, 5) is 24.5. The quantitative estimate of drug-likeness (QED) is 0.613. The lowest BCUT2D eigenvalue weighted by atomic mass is 10.1. The van der Waals surface area contributed by atoms with Gasteiger partial charge in [-0.15, -0.1) is 10.2 Å². The molecule has 1 fully saturated rings. The van der Waals surface area contributed by atoms with E-state index in [1.807, 2.05) is 16.8 Å². The molecule has 0 unspecified atom stereocenters. The van der Waals surface area contributed by atoms with Gasteiger partial charge in [-0.05, 0) is 48.6 Å². The number of carbonyl (C=O) groups excluding carboxylic acids is 2. The zero-order valence-corrected chi connectivity index (χ0v) is 16.7. The first kappa shape index (κ1) is 19.3. The Balaban J connectivity index is 1.25. The van der Waals surface area contributed by atoms with Gasteiger partial charge < -0.3 is 15.1 Å². The van der Waals surface area contributed by atoms with E-state index < -0.39 is 0 Å². The van der Waals surface area contributed by atoms with Crippen LogP contribution in [0.2, 0.25) is 0 Å². The van der Waals surface area contributed by atoms with Crippen molar-refractivity contribution in [1.82, 2.24) is 15.5 Å². The molecule has 7 nitrogen and oxygen atoms in total. The van der Waals surface area contributed by atoms with Crippen LogP contribution in [0.25, 0.3) is 11.5 Å². The Bertz CT molecular complexity index is 960. The first-order valence-corrected chi connectivity index (χ1v) is 10.7. The summed E-state index contributed by atoms with van der Waals surface area (Å²) >= 11 is 1.56. The summed E-state index contributed by atoms with van der Waals surface area (Å²) in [7, 11) is 0. The van der Waals surface area contributed by atoms with Gasteiger partial charge in [0.1, 0.15) is 0 Å². The molecule has 0 atom stereocenters. The third-order valence-corrected chi connectivity index (χ3v) is 5.61. The molecular formula is C21H22N4O3S. The van der Waals surface area contributed by atoms with E-state index in [9.17, 15) is 9.59 Å². The summed E-state index contributed by atoms with van der Waals surface area (Å²) < 4.78 is 5.59. The Kier molecular flexibility index (Phi) is 6.00. The highest BCUT2D eigenvalue weighted by molar-refractivity contribution is 7.08. The second-order valence-electron chi connectivity index (χ2n) is 7.09. The summed E-state index contributed by atoms with van der Waals surface area (Å²) in [5.41, 5.74) is 2.13. The number of hydrogen-bond donors (Lipinski definition) is 2. The molecule has 150 valence electrons. The van der Waals surface area contributed by atoms with Gasteiger partial charge in [-0.25, -0.2) is 0 Å². The van der Waals surface area contributed by atoms with Crippen molar-refractivity contribution in [2.75, 3.05) is 5.32 Å². The van der Waals surface area contributed by atoms with Crippen molar-refractivity contribution in [3.63, 3.8) is 0 Å². The predicted molar refractivity (Wildman–Crippen MR) is 111 cm³/mol. The average Bonchev–Trinajstić information content (AvgIpc) is 3.48. The zero-order valence-electron chi connectivity index (χ0n) is 15.9. The zero-order chi connectivity index (χ0) is 20.1. The number of anilines is 1. The van der Waals surface area contributed by atoms with Gasteiger partial charge in [-0.2, -0.15) is 11.3 Å². The van der Waals surface area contributed by atoms with Crippen molar-refractivity contribution in [2.24, 2.45) is 0 Å². The van der Waals surface area contributed by atoms with Crippen molar-refractivity contribution in [3.8, 4) is 11.5 Å². The minimum absolute atomic E-state index is 0.0624. The second kappa shape index (κ2) is 9.00. The first-order valence-electron chi connectivity index (χ1n) is 9.73. The number of rotatable bonds is 7. The molecule has 0 bridgehead atoms. The van der Waals surface area contributed by atoms with Crippen LogP contribution in [-0.4, -0.2) is 28.1 Å². The monoisotopic (exact) mass is 410 g/mol. The van der Waals surface area contributed by atoms with Gasteiger partial charge in [0.15, 0.2) is 0 Å². The van der Waals surface area contributed by atoms with Crippen molar-refractivity contribution >= 4 is 28.8 Å². The van der Waals surface area contributed by atoms with E-state index in [-0.39, 0.29) is 24.3 Å². The van der Waals surface area contributed by atoms with Crippen molar-refractivity contribution in [3.05, 3.63) is 52.5 Å². The van der Waals surface area contributed by atoms with Crippen LogP contribution in [0.3, 0.4) is 0 Å². The molecule has 0 radical (unpaired) electrons. The number of nitrogens with zero attached hydrogens (tertiary/aromatic N) is 2. The topological polar surface area (TPSA) is 97.1 Å². The molecule has 4 rings (SSSR count). The molecule has 1 aliphatic carbocycles. The Morgan fingerprint density at radius 2 is 1.90 bits per heavy atom. The van der Waals surface area contributed by atoms with Crippen molar-refractivity contribution < 1.29 is 14.0 Å². The molecule has 29 heavy (non-hydrogen) atoms. The normalized spacial score (nSPS) is 14.1. The molecule has 0 saturated heterocycles. The van der Waals surface area contributed by atoms with Gasteiger partial charge >= 0.3 is 0 Å². The third-order valence-electron chi connectivity index (χ3n) is 4.92. The fraction of sp³-hybridized carbons (Fsp3) is 0.333. The lowest BCUT2D eigenvalue weighted by molar-refractivity contribution is -0.116. The van der Waals surface area contributed by atoms with Gasteiger partial charge in [-0.1, -0.05) is 12.8 Å². The highest BCUT2D eigenvalue weighted by Crippen LogP contribution is 2.21. The number of thiophene rings is 1. The third kappa shape index (κ3) is 5.08. The summed E-state index contributed by atoms with van der Waals surface area (Å²) in [6.45, 7) is 0. The van der Waals surface area contributed by atoms with E-state index >= 15 is 0 Å². The maximum atomic E-state index is 12.3. The molecule has 2 N–H and O–H groups in total. The van der Waals surface area contributed by atoms with E-state index in [0.29, 0.717) is 29.5 Å². The summed E-state index contributed by atoms with van der Waals surface area (Å²) in [5, 5.41) is 17.7. The number of hydrogen-bond acceptors (Lipinski definition) is 6. The van der Waals surface area contributed by atoms with Crippen LogP contribution < -0.4 is 10.6 Å². The Morgan fingerprint density at radius 3 is 2.62 bits per heavy atom. The largest absolute Gasteiger partial charge is 0.421 e. The minimum atomic E-state index is -0.150. The highest BCUT2D eigenvalue weighted by Gasteiger charge is 2.18. The van der Waals surface area contributed by atoms with Gasteiger partial charge in [0, 0.05) is 41.1 Å². The van der Waals surface area contributed by atoms with Crippen LogP contribution in [0.4, 0.5) is 5.69 Å². The summed E-state index contributed by atoms with van der Waals surface area (Å²) in [6.07, 6.45) is 5.05. The number of benzene rings is 1. The van der Waals surface area contributed by atoms with Crippen LogP contribution in [0.1, 0.15) is 48.4 Å². The molecule has 2 amide bonds. The number of aromatic nitrogens is 2. The lowest BCUT2D eigenvalue weighted by Crippen LogP contribution is -2.32. The fourth-order valence-corrected chi connectivity index (χ4v) is 3.97. The average molecular weight is 410 g/mol. The molecule has 2 aromatic heterocycles. The molecule has 1 aliphatic rings. The molecule has 0 aliphatic heterocycles. The van der Waals surface area contributed by atoms with Gasteiger partial charge in [-0.3, -0.25) is 9.59 Å². The SMILES string of the molecule is O=C(CCc1nnc(-c2ccsc2)o1)Nc1ccc(C(=O)NC2CCCC2)cc1. The van der Waals surface area contributed by atoms with E-state index in [2.05, 4.69) is 20.8 Å². The Hall–Kier alpha value is -3.00. The molecule has 3 aromatic rings. The van der Waals surface area contributed by atoms with Crippen molar-refractivity contribution in [2.45, 2.75) is 44.6 Å². The Labute approximate surface area is 172 Å². The summed E-state index contributed by atoms with van der Waals surface area (Å²) in [5.74, 6) is 0.685. The number of nitrogens with one attached hydrogen (secondary N) is 2. The summed E-state index contributed by atoms with van der Waals surface area (Å²) in [6, 6.07) is 9.13. The maximum absolute atomic E-state index is 12.3. The standard InChI is InChI=1S/C21H22N4O3S/c26-18(9-10-19-24-25-21(28-19)15-11-12-29-13-15)22-17-7-5-14(6-8-17)20(27)23-16-3-1-2-4-16/h5-8,11-13,16H,1-4,9-10H2,(H,22,26)(H,23,27). The molecule has 2 heterocycles. The van der Waals surface area contributed by atoms with E-state index in [4.69, 9.17) is 4.42 Å². The lowest BCUT2D eigenvalue weighted by Gasteiger charge is -2.12. The highest BCUT2D eigenvalue weighted by atomic mass is 32.1.